The van der Waals surface area contributed by atoms with E-state index in [2.05, 4.69) is 106 Å². The monoisotopic (exact) mass is 550 g/mol. The highest BCUT2D eigenvalue weighted by Crippen LogP contribution is 2.28. The van der Waals surface area contributed by atoms with Crippen LogP contribution in [0.5, 0.6) is 0 Å². The van der Waals surface area contributed by atoms with E-state index in [1.165, 1.54) is 81.0 Å². The molecule has 0 saturated carbocycles. The average Bonchev–Trinajstić information content (AvgIpc) is 3.09. The summed E-state index contributed by atoms with van der Waals surface area (Å²) in [5.74, 6) is 2.44. The van der Waals surface area contributed by atoms with Gasteiger partial charge in [-0.3, -0.25) is 4.90 Å². The topological polar surface area (TPSA) is 27.3 Å². The first-order valence-corrected chi connectivity index (χ1v) is 16.8. The molecule has 0 radical (unpaired) electrons. The molecule has 3 rings (SSSR count). The van der Waals surface area contributed by atoms with E-state index < -0.39 is 0 Å². The fourth-order valence-electron chi connectivity index (χ4n) is 6.96. The second-order valence-electron chi connectivity index (χ2n) is 14.3. The van der Waals surface area contributed by atoms with Crippen molar-refractivity contribution in [3.63, 3.8) is 0 Å². The second kappa shape index (κ2) is 16.9. The highest BCUT2D eigenvalue weighted by Gasteiger charge is 2.25. The molecule has 1 unspecified atom stereocenters. The minimum absolute atomic E-state index is 0.170. The lowest BCUT2D eigenvalue weighted by molar-refractivity contribution is 0.162. The molecule has 0 aromatic heterocycles. The Labute approximate surface area is 248 Å². The zero-order chi connectivity index (χ0) is 29.0. The fraction of sp³-hybridized carbons (Fsp3) is 0.730. The Morgan fingerprint density at radius 1 is 1.10 bits per heavy atom. The largest absolute Gasteiger partial charge is 0.308 e. The smallest absolute Gasteiger partial charge is 0.0293 e. The van der Waals surface area contributed by atoms with E-state index in [1.807, 2.05) is 0 Å². The van der Waals surface area contributed by atoms with Gasteiger partial charge in [-0.25, -0.2) is 0 Å². The van der Waals surface area contributed by atoms with Crippen LogP contribution in [0, 0.1) is 17.8 Å². The minimum Gasteiger partial charge on any atom is -0.308 e. The van der Waals surface area contributed by atoms with Gasteiger partial charge in [0.2, 0.25) is 0 Å². The van der Waals surface area contributed by atoms with Crippen molar-refractivity contribution in [3.8, 4) is 0 Å². The second-order valence-corrected chi connectivity index (χ2v) is 14.3. The molecule has 1 fully saturated rings. The molecule has 1 saturated heterocycles. The Kier molecular flexibility index (Phi) is 14.0. The van der Waals surface area contributed by atoms with Crippen molar-refractivity contribution in [3.05, 3.63) is 59.2 Å². The quantitative estimate of drug-likeness (QED) is 0.215. The Morgan fingerprint density at radius 3 is 2.65 bits per heavy atom. The first kappa shape index (κ1) is 33.1. The van der Waals surface area contributed by atoms with Crippen LogP contribution in [0.1, 0.15) is 124 Å². The molecule has 1 aromatic carbocycles. The average molecular weight is 550 g/mol. The Morgan fingerprint density at radius 2 is 1.90 bits per heavy atom. The maximum Gasteiger partial charge on any atom is 0.0293 e. The van der Waals surface area contributed by atoms with Gasteiger partial charge >= 0.3 is 0 Å². The van der Waals surface area contributed by atoms with Crippen molar-refractivity contribution in [2.75, 3.05) is 13.1 Å². The van der Waals surface area contributed by atoms with Gasteiger partial charge in [0.25, 0.3) is 0 Å². The Balaban J connectivity index is 1.52. The van der Waals surface area contributed by atoms with Crippen LogP contribution < -0.4 is 10.6 Å². The van der Waals surface area contributed by atoms with Gasteiger partial charge in [-0.2, -0.15) is 0 Å². The summed E-state index contributed by atoms with van der Waals surface area (Å²) in [5, 5.41) is 7.72. The number of hydrogen-bond donors (Lipinski definition) is 2. The molecule has 40 heavy (non-hydrogen) atoms. The highest BCUT2D eigenvalue weighted by molar-refractivity contribution is 5.28. The van der Waals surface area contributed by atoms with Crippen LogP contribution in [0.4, 0.5) is 0 Å². The third-order valence-corrected chi connectivity index (χ3v) is 9.27. The number of rotatable bonds is 16. The van der Waals surface area contributed by atoms with E-state index in [0.29, 0.717) is 6.04 Å². The molecule has 1 aromatic rings. The standard InChI is InChI=1S/C37H63N3/c1-8-10-15-31(9-2)25-37(6,7)39-27-33-17-12-19-35(24-33)38-26-32-16-11-18-34(23-32)28-40-20-13-14-30(5)22-36(40)21-29(3)4/h11-12,16-18,23-24,29-31,35-36,38-39H,8-10,13-15,19-22,25-28H2,1-7H3/t30-,31-,35?,36-/m1/s1. The lowest BCUT2D eigenvalue weighted by Gasteiger charge is -2.32. The number of likely N-dealkylation sites (tertiary alicyclic amines) is 1. The zero-order valence-electron chi connectivity index (χ0n) is 27.3. The third kappa shape index (κ3) is 11.8. The maximum absolute atomic E-state index is 3.88. The normalized spacial score (nSPS) is 23.3. The van der Waals surface area contributed by atoms with E-state index in [9.17, 15) is 0 Å². The van der Waals surface area contributed by atoms with Gasteiger partial charge in [0.15, 0.2) is 0 Å². The first-order chi connectivity index (χ1) is 19.2. The van der Waals surface area contributed by atoms with Crippen LogP contribution in [0.15, 0.2) is 48.1 Å². The van der Waals surface area contributed by atoms with Crippen LogP contribution in [-0.2, 0) is 13.1 Å². The van der Waals surface area contributed by atoms with Crippen LogP contribution in [-0.4, -0.2) is 35.6 Å². The predicted octanol–water partition coefficient (Wildman–Crippen LogP) is 9.04. The fourth-order valence-corrected chi connectivity index (χ4v) is 6.96. The van der Waals surface area contributed by atoms with Crippen LogP contribution in [0.25, 0.3) is 0 Å². The molecule has 1 heterocycles. The summed E-state index contributed by atoms with van der Waals surface area (Å²) in [6.07, 6.45) is 20.2. The summed E-state index contributed by atoms with van der Waals surface area (Å²) < 4.78 is 0. The van der Waals surface area contributed by atoms with Crippen molar-refractivity contribution < 1.29 is 0 Å². The lowest BCUT2D eigenvalue weighted by atomic mass is 9.85. The first-order valence-electron chi connectivity index (χ1n) is 16.8. The van der Waals surface area contributed by atoms with Gasteiger partial charge in [-0.05, 0) is 93.4 Å². The Bertz CT molecular complexity index is 914. The third-order valence-electron chi connectivity index (χ3n) is 9.27. The molecule has 0 amide bonds. The molecule has 4 atom stereocenters. The van der Waals surface area contributed by atoms with Crippen molar-refractivity contribution in [1.82, 2.24) is 15.5 Å². The van der Waals surface area contributed by atoms with E-state index >= 15 is 0 Å². The van der Waals surface area contributed by atoms with E-state index in [-0.39, 0.29) is 5.54 Å². The minimum atomic E-state index is 0.170. The van der Waals surface area contributed by atoms with Gasteiger partial charge in [0.1, 0.15) is 0 Å². The van der Waals surface area contributed by atoms with Gasteiger partial charge in [0, 0.05) is 37.3 Å². The summed E-state index contributed by atoms with van der Waals surface area (Å²) >= 11 is 0. The van der Waals surface area contributed by atoms with Crippen molar-refractivity contribution in [1.29, 1.82) is 0 Å². The molecular formula is C37H63N3. The zero-order valence-corrected chi connectivity index (χ0v) is 27.3. The summed E-state index contributed by atoms with van der Waals surface area (Å²) in [7, 11) is 0. The number of hydrogen-bond acceptors (Lipinski definition) is 3. The molecule has 1 aliphatic carbocycles. The molecule has 3 nitrogen and oxygen atoms in total. The van der Waals surface area contributed by atoms with Crippen molar-refractivity contribution in [2.45, 2.75) is 143 Å². The highest BCUT2D eigenvalue weighted by atomic mass is 15.2. The van der Waals surface area contributed by atoms with Crippen molar-refractivity contribution in [2.24, 2.45) is 17.8 Å². The molecule has 0 bridgehead atoms. The molecule has 2 aliphatic rings. The molecule has 0 spiro atoms. The molecule has 1 aliphatic heterocycles. The molecule has 226 valence electrons. The molecule has 2 N–H and O–H groups in total. The SMILES string of the molecule is CCCC[C@@H](CC)CC(C)(C)NCC1=CC(NCc2cccc(CN3CCC[C@@H](C)C[C@H]3CC(C)C)c2)CC=C1. The van der Waals surface area contributed by atoms with Crippen LogP contribution in [0.2, 0.25) is 0 Å². The van der Waals surface area contributed by atoms with Gasteiger partial charge in [-0.15, -0.1) is 0 Å². The van der Waals surface area contributed by atoms with Gasteiger partial charge in [-0.1, -0.05) is 103 Å². The molecular weight excluding hydrogens is 486 g/mol. The van der Waals surface area contributed by atoms with Crippen LogP contribution in [0.3, 0.4) is 0 Å². The molecule has 3 heteroatoms. The van der Waals surface area contributed by atoms with Gasteiger partial charge in [0.05, 0.1) is 0 Å². The number of unbranched alkanes of at least 4 members (excludes halogenated alkanes) is 1. The summed E-state index contributed by atoms with van der Waals surface area (Å²) in [6, 6.07) is 10.5. The van der Waals surface area contributed by atoms with E-state index in [4.69, 9.17) is 0 Å². The van der Waals surface area contributed by atoms with E-state index in [1.54, 1.807) is 0 Å². The van der Waals surface area contributed by atoms with Crippen LogP contribution >= 0.6 is 0 Å². The lowest BCUT2D eigenvalue weighted by Crippen LogP contribution is -2.42. The Hall–Kier alpha value is -1.42. The van der Waals surface area contributed by atoms with Gasteiger partial charge < -0.3 is 10.6 Å². The predicted molar refractivity (Wildman–Crippen MR) is 176 cm³/mol. The summed E-state index contributed by atoms with van der Waals surface area (Å²) in [5.41, 5.74) is 4.46. The van der Waals surface area contributed by atoms with Crippen molar-refractivity contribution >= 4 is 0 Å². The summed E-state index contributed by atoms with van der Waals surface area (Å²) in [6.45, 7) is 20.9. The number of benzene rings is 1. The maximum atomic E-state index is 3.88. The van der Waals surface area contributed by atoms with E-state index in [0.717, 1.165) is 49.9 Å². The number of nitrogens with zero attached hydrogens (tertiary/aromatic N) is 1. The summed E-state index contributed by atoms with van der Waals surface area (Å²) in [4.78, 5) is 2.79. The number of nitrogens with one attached hydrogen (secondary N) is 2.